The van der Waals surface area contributed by atoms with E-state index in [1.807, 2.05) is 30.3 Å². The van der Waals surface area contributed by atoms with Crippen LogP contribution in [0.15, 0.2) is 65.7 Å². The van der Waals surface area contributed by atoms with Crippen LogP contribution in [-0.4, -0.2) is 14.4 Å². The number of rotatable bonds is 4. The van der Waals surface area contributed by atoms with Gasteiger partial charge in [-0.25, -0.2) is 18.4 Å². The molecule has 0 spiro atoms. The Kier molecular flexibility index (Phi) is 4.92. The number of anilines is 1. The standard InChI is InChI=1S/C15H15N3O3S/c16-22(20,21)14-8-6-13(7-9-14)18-15(19)17-11-10-12-4-2-1-3-5-12/h1-11H,(H2,16,20,21)(H2,17,18,19)/b11-10+. The highest BCUT2D eigenvalue weighted by molar-refractivity contribution is 7.89. The fraction of sp³-hybridized carbons (Fsp3) is 0. The highest BCUT2D eigenvalue weighted by atomic mass is 32.2. The second kappa shape index (κ2) is 6.88. The minimum atomic E-state index is -3.73. The van der Waals surface area contributed by atoms with Crippen molar-refractivity contribution in [2.75, 3.05) is 5.32 Å². The van der Waals surface area contributed by atoms with E-state index in [2.05, 4.69) is 10.6 Å². The second-order valence-electron chi connectivity index (χ2n) is 4.41. The maximum atomic E-state index is 11.7. The number of nitrogens with one attached hydrogen (secondary N) is 2. The first-order valence-corrected chi connectivity index (χ1v) is 7.92. The number of primary sulfonamides is 1. The highest BCUT2D eigenvalue weighted by Crippen LogP contribution is 2.12. The zero-order valence-electron chi connectivity index (χ0n) is 11.6. The van der Waals surface area contributed by atoms with Gasteiger partial charge < -0.3 is 10.6 Å². The first-order valence-electron chi connectivity index (χ1n) is 6.37. The Morgan fingerprint density at radius 2 is 1.64 bits per heavy atom. The lowest BCUT2D eigenvalue weighted by molar-refractivity contribution is 0.255. The van der Waals surface area contributed by atoms with E-state index in [0.29, 0.717) is 5.69 Å². The zero-order valence-corrected chi connectivity index (χ0v) is 12.4. The van der Waals surface area contributed by atoms with Crippen molar-refractivity contribution in [3.63, 3.8) is 0 Å². The van der Waals surface area contributed by atoms with Gasteiger partial charge in [-0.15, -0.1) is 0 Å². The van der Waals surface area contributed by atoms with E-state index in [0.717, 1.165) is 5.56 Å². The molecule has 7 heteroatoms. The largest absolute Gasteiger partial charge is 0.323 e. The van der Waals surface area contributed by atoms with E-state index in [4.69, 9.17) is 5.14 Å². The van der Waals surface area contributed by atoms with Crippen LogP contribution in [0.4, 0.5) is 10.5 Å². The number of carbonyl (C=O) groups excluding carboxylic acids is 1. The maximum Gasteiger partial charge on any atom is 0.323 e. The molecule has 2 aromatic carbocycles. The van der Waals surface area contributed by atoms with Crippen LogP contribution in [0.2, 0.25) is 0 Å². The summed E-state index contributed by atoms with van der Waals surface area (Å²) in [6.07, 6.45) is 3.27. The van der Waals surface area contributed by atoms with Crippen LogP contribution in [0.1, 0.15) is 5.56 Å². The molecule has 6 nitrogen and oxygen atoms in total. The average molecular weight is 317 g/mol. The molecule has 0 saturated heterocycles. The number of urea groups is 1. The van der Waals surface area contributed by atoms with Gasteiger partial charge in [0, 0.05) is 11.9 Å². The molecule has 2 rings (SSSR count). The van der Waals surface area contributed by atoms with E-state index in [9.17, 15) is 13.2 Å². The third kappa shape index (κ3) is 4.72. The van der Waals surface area contributed by atoms with Crippen LogP contribution in [-0.2, 0) is 10.0 Å². The van der Waals surface area contributed by atoms with Crippen molar-refractivity contribution in [3.8, 4) is 0 Å². The summed E-state index contributed by atoms with van der Waals surface area (Å²) in [4.78, 5) is 11.7. The van der Waals surface area contributed by atoms with Crippen LogP contribution in [0, 0.1) is 0 Å². The lowest BCUT2D eigenvalue weighted by atomic mass is 10.2. The Labute approximate surface area is 128 Å². The van der Waals surface area contributed by atoms with E-state index >= 15 is 0 Å². The van der Waals surface area contributed by atoms with Gasteiger partial charge in [-0.3, -0.25) is 0 Å². The first kappa shape index (κ1) is 15.7. The summed E-state index contributed by atoms with van der Waals surface area (Å²) in [7, 11) is -3.73. The lowest BCUT2D eigenvalue weighted by Crippen LogP contribution is -2.23. The number of hydrogen-bond donors (Lipinski definition) is 3. The molecule has 0 aliphatic rings. The molecule has 0 atom stereocenters. The van der Waals surface area contributed by atoms with Crippen molar-refractivity contribution in [1.29, 1.82) is 0 Å². The SMILES string of the molecule is NS(=O)(=O)c1ccc(NC(=O)N/C=C/c2ccccc2)cc1. The molecule has 0 bridgehead atoms. The average Bonchev–Trinajstić information content (AvgIpc) is 2.48. The third-order valence-electron chi connectivity index (χ3n) is 2.73. The molecule has 0 fully saturated rings. The van der Waals surface area contributed by atoms with Gasteiger partial charge in [0.2, 0.25) is 10.0 Å². The van der Waals surface area contributed by atoms with E-state index in [1.54, 1.807) is 6.08 Å². The van der Waals surface area contributed by atoms with Gasteiger partial charge in [-0.2, -0.15) is 0 Å². The zero-order chi connectivity index (χ0) is 16.0. The minimum absolute atomic E-state index is 0.0116. The summed E-state index contributed by atoms with van der Waals surface area (Å²) in [5.41, 5.74) is 1.42. The van der Waals surface area contributed by atoms with Crippen LogP contribution in [0.5, 0.6) is 0 Å². The van der Waals surface area contributed by atoms with E-state index in [1.165, 1.54) is 30.5 Å². The number of benzene rings is 2. The Hall–Kier alpha value is -2.64. The molecule has 22 heavy (non-hydrogen) atoms. The fourth-order valence-electron chi connectivity index (χ4n) is 1.67. The van der Waals surface area contributed by atoms with Crippen LogP contribution >= 0.6 is 0 Å². The Morgan fingerprint density at radius 3 is 2.23 bits per heavy atom. The molecule has 0 aromatic heterocycles. The monoisotopic (exact) mass is 317 g/mol. The van der Waals surface area contributed by atoms with Gasteiger partial charge in [0.25, 0.3) is 0 Å². The molecule has 0 radical (unpaired) electrons. The third-order valence-corrected chi connectivity index (χ3v) is 3.66. The predicted molar refractivity (Wildman–Crippen MR) is 85.4 cm³/mol. The molecular weight excluding hydrogens is 302 g/mol. The second-order valence-corrected chi connectivity index (χ2v) is 5.97. The van der Waals surface area contributed by atoms with Gasteiger partial charge in [0.05, 0.1) is 4.90 Å². The number of carbonyl (C=O) groups is 1. The topological polar surface area (TPSA) is 101 Å². The quantitative estimate of drug-likeness (QED) is 0.805. The summed E-state index contributed by atoms with van der Waals surface area (Å²) >= 11 is 0. The van der Waals surface area contributed by atoms with E-state index in [-0.39, 0.29) is 4.90 Å². The van der Waals surface area contributed by atoms with Crippen LogP contribution in [0.3, 0.4) is 0 Å². The molecule has 0 aliphatic heterocycles. The number of amides is 2. The molecule has 2 amide bonds. The van der Waals surface area contributed by atoms with Crippen molar-refractivity contribution in [3.05, 3.63) is 66.4 Å². The molecule has 4 N–H and O–H groups in total. The Morgan fingerprint density at radius 1 is 1.00 bits per heavy atom. The molecule has 0 saturated carbocycles. The van der Waals surface area contributed by atoms with E-state index < -0.39 is 16.1 Å². The Bertz CT molecular complexity index is 769. The van der Waals surface area contributed by atoms with Gasteiger partial charge >= 0.3 is 6.03 Å². The normalized spacial score (nSPS) is 11.3. The summed E-state index contributed by atoms with van der Waals surface area (Å²) in [6.45, 7) is 0. The molecule has 0 heterocycles. The summed E-state index contributed by atoms with van der Waals surface area (Å²) in [6, 6.07) is 14.6. The minimum Gasteiger partial charge on any atom is -0.314 e. The molecule has 2 aromatic rings. The number of hydrogen-bond acceptors (Lipinski definition) is 3. The first-order chi connectivity index (χ1) is 10.4. The van der Waals surface area contributed by atoms with Crippen molar-refractivity contribution < 1.29 is 13.2 Å². The fourth-order valence-corrected chi connectivity index (χ4v) is 2.19. The predicted octanol–water partition coefficient (Wildman–Crippen LogP) is 2.13. The van der Waals surface area contributed by atoms with Crippen molar-refractivity contribution in [2.24, 2.45) is 5.14 Å². The molecule has 0 unspecified atom stereocenters. The van der Waals surface area contributed by atoms with Gasteiger partial charge in [-0.1, -0.05) is 30.3 Å². The van der Waals surface area contributed by atoms with Gasteiger partial charge in [-0.05, 0) is 35.9 Å². The summed E-state index contributed by atoms with van der Waals surface area (Å²) in [5, 5.41) is 10.1. The van der Waals surface area contributed by atoms with Gasteiger partial charge in [0.1, 0.15) is 0 Å². The number of sulfonamides is 1. The number of nitrogens with two attached hydrogens (primary N) is 1. The summed E-state index contributed by atoms with van der Waals surface area (Å²) in [5.74, 6) is 0. The van der Waals surface area contributed by atoms with Crippen LogP contribution in [0.25, 0.3) is 6.08 Å². The van der Waals surface area contributed by atoms with Crippen molar-refractivity contribution >= 4 is 27.8 Å². The smallest absolute Gasteiger partial charge is 0.314 e. The van der Waals surface area contributed by atoms with Crippen LogP contribution < -0.4 is 15.8 Å². The molecule has 114 valence electrons. The lowest BCUT2D eigenvalue weighted by Gasteiger charge is -2.05. The highest BCUT2D eigenvalue weighted by Gasteiger charge is 2.07. The Balaban J connectivity index is 1.91. The van der Waals surface area contributed by atoms with Crippen molar-refractivity contribution in [2.45, 2.75) is 4.90 Å². The van der Waals surface area contributed by atoms with Gasteiger partial charge in [0.15, 0.2) is 0 Å². The molecular formula is C15H15N3O3S. The maximum absolute atomic E-state index is 11.7. The summed E-state index contributed by atoms with van der Waals surface area (Å²) < 4.78 is 22.2. The molecule has 0 aliphatic carbocycles. The van der Waals surface area contributed by atoms with Crippen molar-refractivity contribution in [1.82, 2.24) is 5.32 Å².